The number of phenolic OH excluding ortho intramolecular Hbond substituents is 1. The lowest BCUT2D eigenvalue weighted by Gasteiger charge is -2.09. The van der Waals surface area contributed by atoms with Crippen molar-refractivity contribution in [3.8, 4) is 5.75 Å². The first-order valence-corrected chi connectivity index (χ1v) is 7.05. The van der Waals surface area contributed by atoms with E-state index in [-0.39, 0.29) is 5.75 Å². The van der Waals surface area contributed by atoms with Crippen molar-refractivity contribution in [2.24, 2.45) is 10.2 Å². The molecule has 4 heteroatoms. The second kappa shape index (κ2) is 5.48. The minimum Gasteiger partial charge on any atom is -0.507 e. The summed E-state index contributed by atoms with van der Waals surface area (Å²) in [5.41, 5.74) is 10.0. The molecule has 0 fully saturated rings. The molecule has 22 heavy (non-hydrogen) atoms. The van der Waals surface area contributed by atoms with Crippen LogP contribution in [0.3, 0.4) is 0 Å². The van der Waals surface area contributed by atoms with Gasteiger partial charge in [0.1, 0.15) is 11.4 Å². The molecule has 3 aromatic rings. The number of nitrogen functional groups attached to an aromatic ring is 1. The van der Waals surface area contributed by atoms with Crippen LogP contribution in [-0.2, 0) is 0 Å². The van der Waals surface area contributed by atoms with Crippen molar-refractivity contribution in [1.29, 1.82) is 0 Å². The Morgan fingerprint density at radius 3 is 2.41 bits per heavy atom. The average Bonchev–Trinajstić information content (AvgIpc) is 2.50. The predicted molar refractivity (Wildman–Crippen MR) is 90.1 cm³/mol. The Bertz CT molecular complexity index is 868. The van der Waals surface area contributed by atoms with Gasteiger partial charge in [0.15, 0.2) is 0 Å². The fourth-order valence-corrected chi connectivity index (χ4v) is 2.39. The molecule has 110 valence electrons. The Balaban J connectivity index is 2.17. The average molecular weight is 291 g/mol. The zero-order valence-corrected chi connectivity index (χ0v) is 12.5. The minimum absolute atomic E-state index is 0.155. The van der Waals surface area contributed by atoms with Crippen molar-refractivity contribution in [3.63, 3.8) is 0 Å². The van der Waals surface area contributed by atoms with Gasteiger partial charge < -0.3 is 10.8 Å². The molecule has 0 aliphatic carbocycles. The number of hydrogen-bond donors (Lipinski definition) is 2. The van der Waals surface area contributed by atoms with E-state index >= 15 is 0 Å². The van der Waals surface area contributed by atoms with Crippen molar-refractivity contribution >= 4 is 27.8 Å². The van der Waals surface area contributed by atoms with Crippen LogP contribution >= 0.6 is 0 Å². The number of benzene rings is 3. The standard InChI is InChI=1S/C18H17N3O/c1-11-6-8-14(9-7-11)20-21-18-16-13(4-3-5-15(16)22)10-12(2)17(18)19/h3-10,22H,19H2,1-2H3. The van der Waals surface area contributed by atoms with Gasteiger partial charge in [-0.3, -0.25) is 0 Å². The Kier molecular flexibility index (Phi) is 3.51. The highest BCUT2D eigenvalue weighted by Gasteiger charge is 2.11. The Hall–Kier alpha value is -2.88. The molecule has 3 aromatic carbocycles. The largest absolute Gasteiger partial charge is 0.507 e. The van der Waals surface area contributed by atoms with Crippen LogP contribution in [0.1, 0.15) is 11.1 Å². The highest BCUT2D eigenvalue weighted by Crippen LogP contribution is 2.40. The number of nitrogens with zero attached hydrogens (tertiary/aromatic N) is 2. The van der Waals surface area contributed by atoms with E-state index in [9.17, 15) is 5.11 Å². The number of azo groups is 1. The number of hydrogen-bond acceptors (Lipinski definition) is 4. The summed E-state index contributed by atoms with van der Waals surface area (Å²) in [6.45, 7) is 3.94. The third kappa shape index (κ3) is 2.51. The van der Waals surface area contributed by atoms with Crippen molar-refractivity contribution in [1.82, 2.24) is 0 Å². The first-order valence-electron chi connectivity index (χ1n) is 7.05. The zero-order valence-electron chi connectivity index (χ0n) is 12.5. The van der Waals surface area contributed by atoms with Crippen LogP contribution in [0.5, 0.6) is 5.75 Å². The van der Waals surface area contributed by atoms with E-state index in [1.54, 1.807) is 12.1 Å². The summed E-state index contributed by atoms with van der Waals surface area (Å²) >= 11 is 0. The molecule has 0 amide bonds. The second-order valence-electron chi connectivity index (χ2n) is 5.37. The van der Waals surface area contributed by atoms with Gasteiger partial charge >= 0.3 is 0 Å². The maximum Gasteiger partial charge on any atom is 0.125 e. The van der Waals surface area contributed by atoms with E-state index in [1.807, 2.05) is 50.2 Å². The lowest BCUT2D eigenvalue weighted by atomic mass is 10.0. The van der Waals surface area contributed by atoms with Gasteiger partial charge in [-0.15, -0.1) is 5.11 Å². The molecule has 0 radical (unpaired) electrons. The van der Waals surface area contributed by atoms with E-state index in [0.29, 0.717) is 16.8 Å². The minimum atomic E-state index is 0.155. The van der Waals surface area contributed by atoms with Gasteiger partial charge in [-0.1, -0.05) is 29.8 Å². The fourth-order valence-electron chi connectivity index (χ4n) is 2.39. The van der Waals surface area contributed by atoms with Crippen molar-refractivity contribution in [2.45, 2.75) is 13.8 Å². The summed E-state index contributed by atoms with van der Waals surface area (Å²) in [7, 11) is 0. The number of nitrogens with two attached hydrogens (primary N) is 1. The maximum atomic E-state index is 10.1. The van der Waals surface area contributed by atoms with E-state index in [4.69, 9.17) is 5.73 Å². The van der Waals surface area contributed by atoms with Crippen LogP contribution in [-0.4, -0.2) is 5.11 Å². The first-order chi connectivity index (χ1) is 10.6. The van der Waals surface area contributed by atoms with E-state index in [1.165, 1.54) is 0 Å². The Morgan fingerprint density at radius 2 is 1.68 bits per heavy atom. The normalized spacial score (nSPS) is 11.4. The summed E-state index contributed by atoms with van der Waals surface area (Å²) in [5.74, 6) is 0.155. The number of rotatable bonds is 2. The van der Waals surface area contributed by atoms with Crippen LogP contribution in [0.4, 0.5) is 17.1 Å². The lowest BCUT2D eigenvalue weighted by Crippen LogP contribution is -1.91. The molecule has 0 spiro atoms. The fraction of sp³-hybridized carbons (Fsp3) is 0.111. The summed E-state index contributed by atoms with van der Waals surface area (Å²) < 4.78 is 0. The van der Waals surface area contributed by atoms with Crippen LogP contribution in [0.2, 0.25) is 0 Å². The number of aryl methyl sites for hydroxylation is 2. The molecule has 0 aromatic heterocycles. The topological polar surface area (TPSA) is 71.0 Å². The Labute approximate surface area is 128 Å². The van der Waals surface area contributed by atoms with E-state index in [0.717, 1.165) is 22.2 Å². The number of anilines is 1. The third-order valence-electron chi connectivity index (χ3n) is 3.66. The first kappa shape index (κ1) is 14.1. The lowest BCUT2D eigenvalue weighted by molar-refractivity contribution is 0.482. The predicted octanol–water partition coefficient (Wildman–Crippen LogP) is 5.16. The van der Waals surface area contributed by atoms with Crippen molar-refractivity contribution in [2.75, 3.05) is 5.73 Å². The summed E-state index contributed by atoms with van der Waals surface area (Å²) in [6, 6.07) is 15.0. The summed E-state index contributed by atoms with van der Waals surface area (Å²) in [5, 5.41) is 20.2. The summed E-state index contributed by atoms with van der Waals surface area (Å²) in [6.07, 6.45) is 0. The molecule has 4 nitrogen and oxygen atoms in total. The smallest absolute Gasteiger partial charge is 0.125 e. The van der Waals surface area contributed by atoms with Crippen LogP contribution in [0, 0.1) is 13.8 Å². The molecular weight excluding hydrogens is 274 g/mol. The molecule has 0 saturated carbocycles. The van der Waals surface area contributed by atoms with Gasteiger partial charge in [0.05, 0.1) is 16.8 Å². The monoisotopic (exact) mass is 291 g/mol. The van der Waals surface area contributed by atoms with Gasteiger partial charge in [-0.25, -0.2) is 0 Å². The van der Waals surface area contributed by atoms with E-state index in [2.05, 4.69) is 10.2 Å². The molecule has 3 rings (SSSR count). The Morgan fingerprint density at radius 1 is 0.955 bits per heavy atom. The molecule has 3 N–H and O–H groups in total. The second-order valence-corrected chi connectivity index (χ2v) is 5.37. The van der Waals surface area contributed by atoms with Gasteiger partial charge in [-0.2, -0.15) is 5.11 Å². The number of fused-ring (bicyclic) bond motifs is 1. The van der Waals surface area contributed by atoms with Crippen molar-refractivity contribution in [3.05, 3.63) is 59.7 Å². The van der Waals surface area contributed by atoms with E-state index < -0.39 is 0 Å². The molecule has 0 aliphatic heterocycles. The highest BCUT2D eigenvalue weighted by atomic mass is 16.3. The van der Waals surface area contributed by atoms with Crippen LogP contribution < -0.4 is 5.73 Å². The molecular formula is C18H17N3O. The zero-order chi connectivity index (χ0) is 15.7. The molecule has 0 bridgehead atoms. The van der Waals surface area contributed by atoms with Crippen LogP contribution in [0.25, 0.3) is 10.8 Å². The summed E-state index contributed by atoms with van der Waals surface area (Å²) in [4.78, 5) is 0. The molecule has 0 unspecified atom stereocenters. The SMILES string of the molecule is Cc1ccc(N=Nc2c(N)c(C)cc3cccc(O)c23)cc1. The van der Waals surface area contributed by atoms with Gasteiger partial charge in [0.2, 0.25) is 0 Å². The van der Waals surface area contributed by atoms with Crippen molar-refractivity contribution < 1.29 is 5.11 Å². The third-order valence-corrected chi connectivity index (χ3v) is 3.66. The van der Waals surface area contributed by atoms with Crippen LogP contribution in [0.15, 0.2) is 58.8 Å². The molecule has 0 aliphatic rings. The molecule has 0 atom stereocenters. The van der Waals surface area contributed by atoms with Gasteiger partial charge in [0, 0.05) is 0 Å². The number of aromatic hydroxyl groups is 1. The van der Waals surface area contributed by atoms with Gasteiger partial charge in [0.25, 0.3) is 0 Å². The van der Waals surface area contributed by atoms with Gasteiger partial charge in [-0.05, 0) is 49.1 Å². The number of phenols is 1. The quantitative estimate of drug-likeness (QED) is 0.505. The highest BCUT2D eigenvalue weighted by molar-refractivity contribution is 6.03. The molecule has 0 heterocycles. The maximum absolute atomic E-state index is 10.1. The molecule has 0 saturated heterocycles.